The summed E-state index contributed by atoms with van der Waals surface area (Å²) in [5.41, 5.74) is 1.51. The van der Waals surface area contributed by atoms with Gasteiger partial charge in [-0.3, -0.25) is 9.89 Å². The first kappa shape index (κ1) is 13.3. The van der Waals surface area contributed by atoms with E-state index < -0.39 is 0 Å². The molecule has 2 aromatic heterocycles. The molecule has 1 aliphatic heterocycles. The molecule has 0 spiro atoms. The topological polar surface area (TPSA) is 79.9 Å². The molecule has 1 atom stereocenters. The van der Waals surface area contributed by atoms with Crippen LogP contribution in [-0.2, 0) is 11.2 Å². The second-order valence-electron chi connectivity index (χ2n) is 4.69. The van der Waals surface area contributed by atoms with Crippen LogP contribution >= 0.6 is 11.3 Å². The lowest BCUT2D eigenvalue weighted by Gasteiger charge is -2.08. The fraction of sp³-hybridized carbons (Fsp3) is 0.462. The minimum atomic E-state index is -0.0859. The Kier molecular flexibility index (Phi) is 4.08. The van der Waals surface area contributed by atoms with E-state index in [1.165, 1.54) is 0 Å². The van der Waals surface area contributed by atoms with Crippen LogP contribution in [0.4, 0.5) is 0 Å². The number of carbonyl (C=O) groups excluding carboxylic acids is 1. The van der Waals surface area contributed by atoms with Crippen molar-refractivity contribution >= 4 is 17.2 Å². The van der Waals surface area contributed by atoms with Crippen LogP contribution in [0.3, 0.4) is 0 Å². The summed E-state index contributed by atoms with van der Waals surface area (Å²) >= 11 is 1.60. The molecule has 1 saturated heterocycles. The average molecular weight is 292 g/mol. The van der Waals surface area contributed by atoms with E-state index >= 15 is 0 Å². The van der Waals surface area contributed by atoms with E-state index in [0.717, 1.165) is 30.2 Å². The van der Waals surface area contributed by atoms with Gasteiger partial charge in [-0.2, -0.15) is 5.10 Å². The monoisotopic (exact) mass is 292 g/mol. The maximum atomic E-state index is 12.2. The number of aromatic amines is 1. The Bertz CT molecular complexity index is 561. The Morgan fingerprint density at radius 1 is 1.60 bits per heavy atom. The number of hydrogen-bond donors (Lipinski definition) is 2. The number of nitrogens with one attached hydrogen (secondary N) is 2. The quantitative estimate of drug-likeness (QED) is 0.871. The van der Waals surface area contributed by atoms with E-state index in [4.69, 9.17) is 4.74 Å². The fourth-order valence-corrected chi connectivity index (χ4v) is 2.93. The molecule has 7 heteroatoms. The van der Waals surface area contributed by atoms with Gasteiger partial charge >= 0.3 is 0 Å². The van der Waals surface area contributed by atoms with Gasteiger partial charge in [0.15, 0.2) is 0 Å². The molecule has 0 unspecified atom stereocenters. The van der Waals surface area contributed by atoms with Gasteiger partial charge in [0.2, 0.25) is 0 Å². The molecular weight excluding hydrogens is 276 g/mol. The van der Waals surface area contributed by atoms with Gasteiger partial charge in [0.25, 0.3) is 5.91 Å². The van der Waals surface area contributed by atoms with Crippen LogP contribution in [0, 0.1) is 0 Å². The molecule has 0 saturated carbocycles. The Hall–Kier alpha value is -1.73. The number of nitrogens with zero attached hydrogens (tertiary/aromatic N) is 2. The van der Waals surface area contributed by atoms with E-state index in [0.29, 0.717) is 18.7 Å². The van der Waals surface area contributed by atoms with Gasteiger partial charge in [-0.25, -0.2) is 4.98 Å². The first-order chi connectivity index (χ1) is 9.84. The van der Waals surface area contributed by atoms with Crippen LogP contribution in [0.5, 0.6) is 0 Å². The third-order valence-electron chi connectivity index (χ3n) is 3.36. The third kappa shape index (κ3) is 2.88. The lowest BCUT2D eigenvalue weighted by atomic mass is 10.0. The number of hydrogen-bond acceptors (Lipinski definition) is 5. The van der Waals surface area contributed by atoms with Crippen LogP contribution in [0.1, 0.15) is 33.4 Å². The molecule has 6 nitrogen and oxygen atoms in total. The zero-order chi connectivity index (χ0) is 13.8. The molecular formula is C13H16N4O2S. The standard InChI is InChI=1S/C13H16N4O2S/c18-13(15-3-1-11-14-4-6-20-11)10-7-16-17-12(10)9-2-5-19-8-9/h4,6-7,9H,1-3,5,8H2,(H,15,18)(H,16,17)/t9-/m0/s1. The van der Waals surface area contributed by atoms with Gasteiger partial charge in [-0.15, -0.1) is 11.3 Å². The zero-order valence-electron chi connectivity index (χ0n) is 11.0. The largest absolute Gasteiger partial charge is 0.381 e. The number of aromatic nitrogens is 3. The van der Waals surface area contributed by atoms with Gasteiger partial charge in [0, 0.05) is 37.1 Å². The molecule has 0 aromatic carbocycles. The summed E-state index contributed by atoms with van der Waals surface area (Å²) in [4.78, 5) is 16.4. The summed E-state index contributed by atoms with van der Waals surface area (Å²) in [6.07, 6.45) is 5.05. The molecule has 2 N–H and O–H groups in total. The van der Waals surface area contributed by atoms with E-state index in [1.807, 2.05) is 5.38 Å². The van der Waals surface area contributed by atoms with Gasteiger partial charge in [0.05, 0.1) is 29.1 Å². The Labute approximate surface area is 120 Å². The highest BCUT2D eigenvalue weighted by atomic mass is 32.1. The maximum Gasteiger partial charge on any atom is 0.254 e. The summed E-state index contributed by atoms with van der Waals surface area (Å²) in [6, 6.07) is 0. The lowest BCUT2D eigenvalue weighted by molar-refractivity contribution is 0.0952. The molecule has 0 bridgehead atoms. The summed E-state index contributed by atoms with van der Waals surface area (Å²) < 4.78 is 5.36. The third-order valence-corrected chi connectivity index (χ3v) is 4.20. The first-order valence-corrected chi connectivity index (χ1v) is 7.50. The molecule has 3 rings (SSSR count). The Morgan fingerprint density at radius 3 is 3.30 bits per heavy atom. The molecule has 3 heterocycles. The van der Waals surface area contributed by atoms with Crippen molar-refractivity contribution < 1.29 is 9.53 Å². The second-order valence-corrected chi connectivity index (χ2v) is 5.67. The molecule has 1 aliphatic rings. The summed E-state index contributed by atoms with van der Waals surface area (Å²) in [5, 5.41) is 12.8. The van der Waals surface area contributed by atoms with Gasteiger partial charge < -0.3 is 10.1 Å². The van der Waals surface area contributed by atoms with Crippen molar-refractivity contribution in [2.45, 2.75) is 18.8 Å². The highest BCUT2D eigenvalue weighted by Crippen LogP contribution is 2.25. The molecule has 20 heavy (non-hydrogen) atoms. The van der Waals surface area contributed by atoms with Crippen molar-refractivity contribution in [3.05, 3.63) is 34.0 Å². The smallest absolute Gasteiger partial charge is 0.254 e. The van der Waals surface area contributed by atoms with Crippen molar-refractivity contribution in [1.29, 1.82) is 0 Å². The number of ether oxygens (including phenoxy) is 1. The minimum absolute atomic E-state index is 0.0859. The van der Waals surface area contributed by atoms with E-state index in [-0.39, 0.29) is 11.8 Å². The van der Waals surface area contributed by atoms with Gasteiger partial charge in [-0.05, 0) is 6.42 Å². The molecule has 0 aliphatic carbocycles. The molecule has 0 radical (unpaired) electrons. The Balaban J connectivity index is 1.58. The van der Waals surface area contributed by atoms with Gasteiger partial charge in [-0.1, -0.05) is 0 Å². The number of rotatable bonds is 5. The predicted molar refractivity (Wildman–Crippen MR) is 74.9 cm³/mol. The maximum absolute atomic E-state index is 12.2. The van der Waals surface area contributed by atoms with Crippen molar-refractivity contribution in [3.63, 3.8) is 0 Å². The highest BCUT2D eigenvalue weighted by molar-refractivity contribution is 7.09. The van der Waals surface area contributed by atoms with Gasteiger partial charge in [0.1, 0.15) is 0 Å². The van der Waals surface area contributed by atoms with Crippen LogP contribution in [0.2, 0.25) is 0 Å². The normalized spacial score (nSPS) is 18.3. The number of carbonyl (C=O) groups is 1. The highest BCUT2D eigenvalue weighted by Gasteiger charge is 2.24. The van der Waals surface area contributed by atoms with Crippen molar-refractivity contribution in [2.24, 2.45) is 0 Å². The summed E-state index contributed by atoms with van der Waals surface area (Å²) in [7, 11) is 0. The number of amides is 1. The van der Waals surface area contributed by atoms with Crippen LogP contribution < -0.4 is 5.32 Å². The number of thiazole rings is 1. The zero-order valence-corrected chi connectivity index (χ0v) is 11.8. The van der Waals surface area contributed by atoms with E-state index in [9.17, 15) is 4.79 Å². The van der Waals surface area contributed by atoms with Crippen molar-refractivity contribution in [1.82, 2.24) is 20.5 Å². The summed E-state index contributed by atoms with van der Waals surface area (Å²) in [5.74, 6) is 0.161. The van der Waals surface area contributed by atoms with Crippen molar-refractivity contribution in [2.75, 3.05) is 19.8 Å². The molecule has 1 amide bonds. The van der Waals surface area contributed by atoms with Crippen LogP contribution in [-0.4, -0.2) is 40.8 Å². The molecule has 2 aromatic rings. The number of H-pyrrole nitrogens is 1. The van der Waals surface area contributed by atoms with E-state index in [2.05, 4.69) is 20.5 Å². The minimum Gasteiger partial charge on any atom is -0.381 e. The van der Waals surface area contributed by atoms with Crippen molar-refractivity contribution in [3.8, 4) is 0 Å². The SMILES string of the molecule is O=C(NCCc1nccs1)c1cn[nH]c1[C@H]1CCOC1. The fourth-order valence-electron chi connectivity index (χ4n) is 2.31. The summed E-state index contributed by atoms with van der Waals surface area (Å²) in [6.45, 7) is 1.98. The second kappa shape index (κ2) is 6.15. The first-order valence-electron chi connectivity index (χ1n) is 6.62. The Morgan fingerprint density at radius 2 is 2.55 bits per heavy atom. The average Bonchev–Trinajstić information content (AvgIpc) is 3.19. The van der Waals surface area contributed by atoms with Crippen LogP contribution in [0.15, 0.2) is 17.8 Å². The lowest BCUT2D eigenvalue weighted by Crippen LogP contribution is -2.26. The van der Waals surface area contributed by atoms with E-state index in [1.54, 1.807) is 23.7 Å². The van der Waals surface area contributed by atoms with Crippen LogP contribution in [0.25, 0.3) is 0 Å². The molecule has 1 fully saturated rings. The molecule has 106 valence electrons. The predicted octanol–water partition coefficient (Wildman–Crippen LogP) is 1.34.